The van der Waals surface area contributed by atoms with E-state index in [0.29, 0.717) is 11.3 Å². The first-order valence-electron chi connectivity index (χ1n) is 7.22. The van der Waals surface area contributed by atoms with Gasteiger partial charge in [-0.2, -0.15) is 0 Å². The Labute approximate surface area is 131 Å². The van der Waals surface area contributed by atoms with Crippen molar-refractivity contribution in [2.45, 2.75) is 19.8 Å². The third-order valence-corrected chi connectivity index (χ3v) is 2.33. The number of hydrogen-bond acceptors (Lipinski definition) is 7. The van der Waals surface area contributed by atoms with Gasteiger partial charge < -0.3 is 15.3 Å². The van der Waals surface area contributed by atoms with E-state index in [1.54, 1.807) is 0 Å². The first-order valence-corrected chi connectivity index (χ1v) is 7.22. The zero-order valence-corrected chi connectivity index (χ0v) is 13.2. The fraction of sp³-hybridized carbons (Fsp3) is 0.600. The molecule has 0 heterocycles. The zero-order chi connectivity index (χ0) is 16.6. The van der Waals surface area contributed by atoms with Crippen LogP contribution in [0.25, 0.3) is 0 Å². The molecule has 7 nitrogen and oxygen atoms in total. The van der Waals surface area contributed by atoms with Crippen LogP contribution < -0.4 is 0 Å². The molecule has 0 fully saturated rings. The van der Waals surface area contributed by atoms with Gasteiger partial charge in [0.15, 0.2) is 0 Å². The van der Waals surface area contributed by atoms with Crippen LogP contribution in [-0.4, -0.2) is 60.4 Å². The molecule has 0 aromatic heterocycles. The molecule has 7 heteroatoms. The van der Waals surface area contributed by atoms with Gasteiger partial charge in [-0.05, 0) is 11.5 Å². The minimum absolute atomic E-state index is 0.0108. The lowest BCUT2D eigenvalue weighted by Gasteiger charge is -2.17. The van der Waals surface area contributed by atoms with Gasteiger partial charge in [0.05, 0.1) is 45.0 Å². The maximum Gasteiger partial charge on any atom is 0.0967 e. The van der Waals surface area contributed by atoms with Crippen LogP contribution >= 0.6 is 0 Å². The quantitative estimate of drug-likeness (QED) is 0.552. The van der Waals surface area contributed by atoms with Crippen LogP contribution in [-0.2, 0) is 14.5 Å². The Bertz CT molecular complexity index is 317. The number of aliphatic hydroxyl groups excluding tert-OH is 3. The molecule has 0 unspecified atom stereocenters. The maximum atomic E-state index is 8.40. The summed E-state index contributed by atoms with van der Waals surface area (Å²) < 4.78 is 0. The van der Waals surface area contributed by atoms with Gasteiger partial charge in [-0.3, -0.25) is 0 Å². The molecule has 0 radical (unpaired) electrons. The van der Waals surface area contributed by atoms with Gasteiger partial charge >= 0.3 is 0 Å². The summed E-state index contributed by atoms with van der Waals surface area (Å²) in [6.45, 7) is 3.90. The Morgan fingerprint density at radius 2 is 1.23 bits per heavy atom. The summed E-state index contributed by atoms with van der Waals surface area (Å²) in [5.74, 6) is 0.659. The van der Waals surface area contributed by atoms with Crippen molar-refractivity contribution in [3.05, 3.63) is 35.9 Å². The SMILES string of the molecule is CC(C)c1ccccc1.OCCON(OCCO)OCCO. The fourth-order valence-corrected chi connectivity index (χ4v) is 1.30. The largest absolute Gasteiger partial charge is 0.394 e. The van der Waals surface area contributed by atoms with E-state index < -0.39 is 0 Å². The summed E-state index contributed by atoms with van der Waals surface area (Å²) in [5, 5.41) is 25.9. The van der Waals surface area contributed by atoms with E-state index in [4.69, 9.17) is 29.8 Å². The average molecular weight is 317 g/mol. The molecule has 0 saturated heterocycles. The summed E-state index contributed by atoms with van der Waals surface area (Å²) in [4.78, 5) is 14.1. The third kappa shape index (κ3) is 11.6. The van der Waals surface area contributed by atoms with Crippen LogP contribution in [0.2, 0.25) is 0 Å². The molecule has 1 aromatic carbocycles. The smallest absolute Gasteiger partial charge is 0.0967 e. The number of aliphatic hydroxyl groups is 3. The first-order chi connectivity index (χ1) is 10.7. The summed E-state index contributed by atoms with van der Waals surface area (Å²) in [5.41, 5.74) is 1.41. The van der Waals surface area contributed by atoms with E-state index in [0.717, 1.165) is 0 Å². The molecule has 0 aliphatic carbocycles. The Morgan fingerprint density at radius 3 is 1.50 bits per heavy atom. The Balaban J connectivity index is 0.000000425. The van der Waals surface area contributed by atoms with E-state index >= 15 is 0 Å². The molecule has 1 rings (SSSR count). The summed E-state index contributed by atoms with van der Waals surface area (Å²) in [7, 11) is 0. The van der Waals surface area contributed by atoms with Crippen molar-refractivity contribution in [2.75, 3.05) is 39.6 Å². The van der Waals surface area contributed by atoms with Crippen molar-refractivity contribution >= 4 is 0 Å². The Hall–Kier alpha value is -1.06. The number of nitrogens with zero attached hydrogens (tertiary/aromatic N) is 1. The summed E-state index contributed by atoms with van der Waals surface area (Å²) in [6.07, 6.45) is 0. The van der Waals surface area contributed by atoms with Crippen LogP contribution in [0.15, 0.2) is 30.3 Å². The van der Waals surface area contributed by atoms with Crippen LogP contribution in [0.4, 0.5) is 0 Å². The van der Waals surface area contributed by atoms with Crippen molar-refractivity contribution in [2.24, 2.45) is 0 Å². The van der Waals surface area contributed by atoms with Crippen LogP contribution in [0.3, 0.4) is 0 Å². The van der Waals surface area contributed by atoms with Crippen molar-refractivity contribution in [1.29, 1.82) is 0 Å². The van der Waals surface area contributed by atoms with Gasteiger partial charge in [0.25, 0.3) is 0 Å². The lowest BCUT2D eigenvalue weighted by atomic mass is 10.0. The van der Waals surface area contributed by atoms with Gasteiger partial charge in [0, 0.05) is 0 Å². The third-order valence-electron chi connectivity index (χ3n) is 2.33. The minimum Gasteiger partial charge on any atom is -0.394 e. The van der Waals surface area contributed by atoms with Gasteiger partial charge in [-0.1, -0.05) is 44.2 Å². The lowest BCUT2D eigenvalue weighted by Crippen LogP contribution is -2.28. The molecule has 128 valence electrons. The second-order valence-electron chi connectivity index (χ2n) is 4.46. The predicted octanol–water partition coefficient (Wildman–Crippen LogP) is 0.870. The molecular formula is C15H27NO6. The predicted molar refractivity (Wildman–Crippen MR) is 81.5 cm³/mol. The van der Waals surface area contributed by atoms with Gasteiger partial charge in [-0.15, -0.1) is 0 Å². The fourth-order valence-electron chi connectivity index (χ4n) is 1.30. The number of hydrogen-bond donors (Lipinski definition) is 3. The molecule has 0 atom stereocenters. The second-order valence-corrected chi connectivity index (χ2v) is 4.46. The Kier molecular flexibility index (Phi) is 14.1. The monoisotopic (exact) mass is 317 g/mol. The van der Waals surface area contributed by atoms with Crippen LogP contribution in [0, 0.1) is 0 Å². The molecular weight excluding hydrogens is 290 g/mol. The first kappa shape index (κ1) is 20.9. The molecule has 1 aromatic rings. The highest BCUT2D eigenvalue weighted by Crippen LogP contribution is 2.11. The van der Waals surface area contributed by atoms with Crippen molar-refractivity contribution in [1.82, 2.24) is 5.39 Å². The normalized spacial score (nSPS) is 10.7. The van der Waals surface area contributed by atoms with Gasteiger partial charge in [-0.25, -0.2) is 14.5 Å². The van der Waals surface area contributed by atoms with E-state index in [1.807, 2.05) is 6.07 Å². The molecule has 0 aliphatic rings. The highest BCUT2D eigenvalue weighted by Gasteiger charge is 2.05. The summed E-state index contributed by atoms with van der Waals surface area (Å²) in [6, 6.07) is 10.5. The van der Waals surface area contributed by atoms with Crippen molar-refractivity contribution in [3.8, 4) is 0 Å². The van der Waals surface area contributed by atoms with E-state index in [2.05, 4.69) is 38.1 Å². The maximum absolute atomic E-state index is 8.40. The molecule has 0 bridgehead atoms. The molecule has 0 saturated carbocycles. The molecule has 0 aliphatic heterocycles. The zero-order valence-electron chi connectivity index (χ0n) is 13.2. The standard InChI is InChI=1S/C9H12.C6H15NO6/c1-8(2)9-6-4-3-5-7-9;8-1-4-11-7(12-5-2-9)13-6-3-10/h3-8H,1-2H3;8-10H,1-6H2. The highest BCUT2D eigenvalue weighted by atomic mass is 17.2. The molecule has 3 N–H and O–H groups in total. The summed E-state index contributed by atoms with van der Waals surface area (Å²) >= 11 is 0. The average Bonchev–Trinajstić information content (AvgIpc) is 2.55. The van der Waals surface area contributed by atoms with Crippen molar-refractivity contribution in [3.63, 3.8) is 0 Å². The van der Waals surface area contributed by atoms with E-state index in [1.165, 1.54) is 5.56 Å². The van der Waals surface area contributed by atoms with Crippen LogP contribution in [0.1, 0.15) is 25.3 Å². The van der Waals surface area contributed by atoms with Crippen LogP contribution in [0.5, 0.6) is 0 Å². The topological polar surface area (TPSA) is 91.6 Å². The minimum atomic E-state index is -0.179. The lowest BCUT2D eigenvalue weighted by molar-refractivity contribution is -0.527. The van der Waals surface area contributed by atoms with E-state index in [-0.39, 0.29) is 39.6 Å². The highest BCUT2D eigenvalue weighted by molar-refractivity contribution is 5.17. The van der Waals surface area contributed by atoms with E-state index in [9.17, 15) is 0 Å². The van der Waals surface area contributed by atoms with Crippen molar-refractivity contribution < 1.29 is 29.8 Å². The number of rotatable bonds is 10. The van der Waals surface area contributed by atoms with Gasteiger partial charge in [0.1, 0.15) is 0 Å². The van der Waals surface area contributed by atoms with Gasteiger partial charge in [0.2, 0.25) is 0 Å². The molecule has 22 heavy (non-hydrogen) atoms. The molecule has 0 amide bonds. The Morgan fingerprint density at radius 1 is 0.818 bits per heavy atom. The molecule has 0 spiro atoms. The second kappa shape index (κ2) is 14.9. The number of benzene rings is 1.